The van der Waals surface area contributed by atoms with Crippen molar-refractivity contribution < 1.29 is 13.2 Å². The number of hydrogen-bond acceptors (Lipinski definition) is 6. The molecule has 31 heavy (non-hydrogen) atoms. The third-order valence-electron chi connectivity index (χ3n) is 5.93. The number of piperidine rings is 1. The summed E-state index contributed by atoms with van der Waals surface area (Å²) in [4.78, 5) is 12.5. The number of alkyl halides is 3. The molecule has 3 aromatic heterocycles. The van der Waals surface area contributed by atoms with Crippen LogP contribution in [0, 0.1) is 0 Å². The largest absolute Gasteiger partial charge is 0.401 e. The third kappa shape index (κ3) is 4.26. The Kier molecular flexibility index (Phi) is 5.35. The van der Waals surface area contributed by atoms with Crippen LogP contribution in [0.15, 0.2) is 42.0 Å². The van der Waals surface area contributed by atoms with E-state index in [1.165, 1.54) is 0 Å². The Balaban J connectivity index is 1.43. The Morgan fingerprint density at radius 2 is 2.06 bits per heavy atom. The second-order valence-electron chi connectivity index (χ2n) is 7.96. The molecule has 4 aromatic rings. The maximum absolute atomic E-state index is 13.0. The number of pyridine rings is 1. The highest BCUT2D eigenvalue weighted by Crippen LogP contribution is 2.41. The first kappa shape index (κ1) is 20.7. The van der Waals surface area contributed by atoms with Crippen LogP contribution in [0.3, 0.4) is 0 Å². The Labute approximate surface area is 185 Å². The number of thiazole rings is 1. The minimum Gasteiger partial charge on any atom is -0.355 e. The van der Waals surface area contributed by atoms with Crippen molar-refractivity contribution in [2.45, 2.75) is 37.9 Å². The number of nitrogens with zero attached hydrogens (tertiary/aromatic N) is 3. The number of benzene rings is 1. The van der Waals surface area contributed by atoms with Gasteiger partial charge in [-0.1, -0.05) is 0 Å². The number of rotatable bonds is 4. The molecule has 0 aliphatic carbocycles. The molecule has 0 unspecified atom stereocenters. The predicted molar refractivity (Wildman–Crippen MR) is 122 cm³/mol. The molecule has 5 rings (SSSR count). The lowest BCUT2D eigenvalue weighted by atomic mass is 9.88. The van der Waals surface area contributed by atoms with Gasteiger partial charge in [0, 0.05) is 34.1 Å². The van der Waals surface area contributed by atoms with E-state index in [1.54, 1.807) is 33.8 Å². The van der Waals surface area contributed by atoms with Gasteiger partial charge in [0.25, 0.3) is 0 Å². The number of nitrogens with one attached hydrogen (secondary N) is 1. The van der Waals surface area contributed by atoms with Crippen molar-refractivity contribution >= 4 is 54.5 Å². The van der Waals surface area contributed by atoms with Gasteiger partial charge in [-0.3, -0.25) is 4.90 Å². The van der Waals surface area contributed by atoms with Crippen LogP contribution in [0.5, 0.6) is 0 Å². The lowest BCUT2D eigenvalue weighted by Crippen LogP contribution is -2.46. The maximum atomic E-state index is 13.0. The van der Waals surface area contributed by atoms with Gasteiger partial charge in [-0.15, -0.1) is 22.7 Å². The first-order chi connectivity index (χ1) is 14.9. The van der Waals surface area contributed by atoms with E-state index < -0.39 is 12.7 Å². The number of hydrogen-bond donors (Lipinski definition) is 1. The molecule has 1 aliphatic rings. The smallest absolute Gasteiger partial charge is 0.355 e. The van der Waals surface area contributed by atoms with Gasteiger partial charge in [0.1, 0.15) is 4.83 Å². The van der Waals surface area contributed by atoms with Gasteiger partial charge in [-0.25, -0.2) is 9.97 Å². The van der Waals surface area contributed by atoms with E-state index in [-0.39, 0.29) is 12.0 Å². The van der Waals surface area contributed by atoms with E-state index in [4.69, 9.17) is 0 Å². The van der Waals surface area contributed by atoms with Gasteiger partial charge in [0.2, 0.25) is 0 Å². The zero-order chi connectivity index (χ0) is 21.6. The Morgan fingerprint density at radius 3 is 2.90 bits per heavy atom. The normalized spacial score (nSPS) is 20.5. The molecule has 0 saturated carbocycles. The summed E-state index contributed by atoms with van der Waals surface area (Å²) in [5.41, 5.74) is 4.67. The summed E-state index contributed by atoms with van der Waals surface area (Å²) in [7, 11) is 0. The monoisotopic (exact) mass is 462 g/mol. The third-order valence-corrected chi connectivity index (χ3v) is 7.92. The van der Waals surface area contributed by atoms with Crippen molar-refractivity contribution in [2.75, 3.05) is 18.4 Å². The Bertz CT molecular complexity index is 1220. The molecule has 0 radical (unpaired) electrons. The molecule has 1 aromatic carbocycles. The van der Waals surface area contributed by atoms with E-state index in [2.05, 4.69) is 21.4 Å². The van der Waals surface area contributed by atoms with Gasteiger partial charge in [-0.2, -0.15) is 13.2 Å². The molecule has 4 heterocycles. The van der Waals surface area contributed by atoms with Crippen molar-refractivity contribution in [1.82, 2.24) is 14.9 Å². The average molecular weight is 463 g/mol. The summed E-state index contributed by atoms with van der Waals surface area (Å²) in [6.07, 6.45) is -0.739. The van der Waals surface area contributed by atoms with Gasteiger partial charge in [0.15, 0.2) is 0 Å². The number of fused-ring (bicyclic) bond motifs is 2. The van der Waals surface area contributed by atoms with Crippen molar-refractivity contribution in [2.24, 2.45) is 0 Å². The minimum absolute atomic E-state index is 0.0782. The van der Waals surface area contributed by atoms with E-state index in [0.29, 0.717) is 6.54 Å². The number of likely N-dealkylation sites (tertiary alicyclic amines) is 1. The van der Waals surface area contributed by atoms with E-state index in [0.717, 1.165) is 49.5 Å². The minimum atomic E-state index is -4.17. The van der Waals surface area contributed by atoms with Crippen LogP contribution in [-0.2, 0) is 0 Å². The van der Waals surface area contributed by atoms with Crippen molar-refractivity contribution in [3.63, 3.8) is 0 Å². The van der Waals surface area contributed by atoms with Crippen LogP contribution < -0.4 is 5.32 Å². The van der Waals surface area contributed by atoms with E-state index in [9.17, 15) is 13.2 Å². The standard InChI is InChI=1S/C22H21F3N4S2/c1-13-15(3-2-8-29(13)11-22(23,24)25)20-10-16-17(6-7-26-21(16)31-20)28-14-4-5-19-18(9-14)27-12-30-19/h4-7,9-10,12-13,15H,2-3,8,11H2,1H3,(H,26,28)/t13-,15-/m0/s1. The zero-order valence-electron chi connectivity index (χ0n) is 16.8. The molecule has 0 spiro atoms. The van der Waals surface area contributed by atoms with Crippen LogP contribution >= 0.6 is 22.7 Å². The molecule has 4 nitrogen and oxygen atoms in total. The van der Waals surface area contributed by atoms with Crippen LogP contribution in [0.25, 0.3) is 20.4 Å². The number of aromatic nitrogens is 2. The van der Waals surface area contributed by atoms with Crippen molar-refractivity contribution in [3.05, 3.63) is 46.9 Å². The summed E-state index contributed by atoms with van der Waals surface area (Å²) in [5.74, 6) is 0.0782. The molecular weight excluding hydrogens is 441 g/mol. The number of halogens is 3. The number of thiophene rings is 1. The second-order valence-corrected chi connectivity index (χ2v) is 9.91. The Hall–Kier alpha value is -2.23. The molecule has 0 bridgehead atoms. The fraction of sp³-hybridized carbons (Fsp3) is 0.364. The topological polar surface area (TPSA) is 41.1 Å². The van der Waals surface area contributed by atoms with Crippen molar-refractivity contribution in [3.8, 4) is 0 Å². The zero-order valence-corrected chi connectivity index (χ0v) is 18.4. The van der Waals surface area contributed by atoms with Crippen molar-refractivity contribution in [1.29, 1.82) is 0 Å². The second kappa shape index (κ2) is 8.03. The van der Waals surface area contributed by atoms with Crippen LogP contribution in [0.1, 0.15) is 30.6 Å². The highest BCUT2D eigenvalue weighted by molar-refractivity contribution is 7.18. The molecule has 1 aliphatic heterocycles. The highest BCUT2D eigenvalue weighted by Gasteiger charge is 2.37. The first-order valence-corrected chi connectivity index (χ1v) is 11.9. The molecule has 2 atom stereocenters. The van der Waals surface area contributed by atoms with Crippen LogP contribution in [0.2, 0.25) is 0 Å². The summed E-state index contributed by atoms with van der Waals surface area (Å²) >= 11 is 3.19. The molecule has 9 heteroatoms. The van der Waals surface area contributed by atoms with Gasteiger partial charge >= 0.3 is 6.18 Å². The summed E-state index contributed by atoms with van der Waals surface area (Å²) < 4.78 is 40.1. The predicted octanol–water partition coefficient (Wildman–Crippen LogP) is 6.78. The fourth-order valence-corrected chi connectivity index (χ4v) is 6.31. The van der Waals surface area contributed by atoms with Gasteiger partial charge in [0.05, 0.1) is 28.0 Å². The van der Waals surface area contributed by atoms with Crippen LogP contribution in [0.4, 0.5) is 24.5 Å². The highest BCUT2D eigenvalue weighted by atomic mass is 32.1. The average Bonchev–Trinajstić information content (AvgIpc) is 3.35. The van der Waals surface area contributed by atoms with E-state index in [1.807, 2.05) is 36.7 Å². The van der Waals surface area contributed by atoms with Gasteiger partial charge in [-0.05, 0) is 56.6 Å². The first-order valence-electron chi connectivity index (χ1n) is 10.2. The summed E-state index contributed by atoms with van der Waals surface area (Å²) in [5, 5.41) is 4.47. The molecular formula is C22H21F3N4S2. The Morgan fingerprint density at radius 1 is 1.19 bits per heavy atom. The quantitative estimate of drug-likeness (QED) is 0.363. The molecule has 1 N–H and O–H groups in total. The maximum Gasteiger partial charge on any atom is 0.401 e. The van der Waals surface area contributed by atoms with Gasteiger partial charge < -0.3 is 5.32 Å². The van der Waals surface area contributed by atoms with E-state index >= 15 is 0 Å². The fourth-order valence-electron chi connectivity index (χ4n) is 4.39. The SMILES string of the molecule is C[C@H]1[C@@H](c2cc3c(Nc4ccc5scnc5c4)ccnc3s2)CCCN1CC(F)(F)F. The number of anilines is 2. The molecule has 0 amide bonds. The lowest BCUT2D eigenvalue weighted by molar-refractivity contribution is -0.153. The molecule has 162 valence electrons. The van der Waals surface area contributed by atoms with Crippen LogP contribution in [-0.4, -0.2) is 40.2 Å². The molecule has 1 saturated heterocycles. The summed E-state index contributed by atoms with van der Waals surface area (Å²) in [6, 6.07) is 9.97. The molecule has 1 fully saturated rings. The summed E-state index contributed by atoms with van der Waals surface area (Å²) in [6.45, 7) is 1.56. The lowest BCUT2D eigenvalue weighted by Gasteiger charge is -2.39.